The largest absolute Gasteiger partial charge is 0.330 e. The van der Waals surface area contributed by atoms with Crippen LogP contribution in [-0.2, 0) is 19.4 Å². The van der Waals surface area contributed by atoms with Gasteiger partial charge in [0.2, 0.25) is 11.8 Å². The van der Waals surface area contributed by atoms with Gasteiger partial charge >= 0.3 is 6.03 Å². The van der Waals surface area contributed by atoms with Crippen molar-refractivity contribution in [3.05, 3.63) is 0 Å². The molecule has 1 saturated heterocycles. The van der Waals surface area contributed by atoms with Crippen LogP contribution in [0.1, 0.15) is 19.3 Å². The third-order valence-electron chi connectivity index (χ3n) is 3.45. The van der Waals surface area contributed by atoms with Crippen LogP contribution in [0.4, 0.5) is 4.79 Å². The minimum absolute atomic E-state index is 0.210. The quantitative estimate of drug-likeness (QED) is 0.684. The van der Waals surface area contributed by atoms with Crippen molar-refractivity contribution in [3.63, 3.8) is 0 Å². The van der Waals surface area contributed by atoms with Gasteiger partial charge in [-0.1, -0.05) is 6.42 Å². The molecule has 4 amide bonds. The van der Waals surface area contributed by atoms with E-state index in [1.165, 1.54) is 0 Å². The molecule has 2 aliphatic rings. The van der Waals surface area contributed by atoms with E-state index in [2.05, 4.69) is 5.32 Å². The molecule has 1 heterocycles. The second kappa shape index (κ2) is 4.04. The molecular weight excluding hydrogens is 260 g/mol. The van der Waals surface area contributed by atoms with Crippen LogP contribution in [0.5, 0.6) is 0 Å². The van der Waals surface area contributed by atoms with Crippen LogP contribution in [0.3, 0.4) is 0 Å². The lowest BCUT2D eigenvalue weighted by atomic mass is 9.66. The molecule has 0 bridgehead atoms. The van der Waals surface area contributed by atoms with Crippen molar-refractivity contribution in [2.45, 2.75) is 19.3 Å². The third kappa shape index (κ3) is 2.00. The van der Waals surface area contributed by atoms with Crippen LogP contribution in [0.2, 0.25) is 0 Å². The molecule has 0 unspecified atom stereocenters. The third-order valence-corrected chi connectivity index (χ3v) is 4.37. The Morgan fingerprint density at radius 1 is 1.28 bits per heavy atom. The predicted octanol–water partition coefficient (Wildman–Crippen LogP) is -0.720. The Balaban J connectivity index is 2.17. The predicted molar refractivity (Wildman–Crippen MR) is 61.2 cm³/mol. The number of imide groups is 2. The fraction of sp³-hybridized carbons (Fsp3) is 0.700. The number of hydrogen-bond donors (Lipinski definition) is 1. The molecular formula is C10H14N2O5S. The maximum atomic E-state index is 12.1. The molecule has 2 rings (SSSR count). The smallest absolute Gasteiger partial charge is 0.277 e. The number of rotatable bonds is 3. The maximum absolute atomic E-state index is 12.1. The SMILES string of the molecule is CS(=O)(=O)CCN1C(=O)NC(=O)C2(CCC2)C1=O. The average molecular weight is 274 g/mol. The van der Waals surface area contributed by atoms with Gasteiger partial charge in [0, 0.05) is 12.8 Å². The zero-order valence-electron chi connectivity index (χ0n) is 9.93. The summed E-state index contributed by atoms with van der Waals surface area (Å²) >= 11 is 0. The minimum atomic E-state index is -3.27. The lowest BCUT2D eigenvalue weighted by Crippen LogP contribution is -2.66. The molecule has 7 nitrogen and oxygen atoms in total. The van der Waals surface area contributed by atoms with E-state index in [1.54, 1.807) is 0 Å². The Hall–Kier alpha value is -1.44. The molecule has 1 saturated carbocycles. The van der Waals surface area contributed by atoms with Crippen molar-refractivity contribution in [3.8, 4) is 0 Å². The maximum Gasteiger partial charge on any atom is 0.330 e. The Morgan fingerprint density at radius 3 is 2.33 bits per heavy atom. The van der Waals surface area contributed by atoms with E-state index in [4.69, 9.17) is 0 Å². The summed E-state index contributed by atoms with van der Waals surface area (Å²) in [5.74, 6) is -1.42. The van der Waals surface area contributed by atoms with Crippen molar-refractivity contribution >= 4 is 27.7 Å². The highest BCUT2D eigenvalue weighted by Crippen LogP contribution is 2.44. The van der Waals surface area contributed by atoms with Gasteiger partial charge in [-0.2, -0.15) is 0 Å². The van der Waals surface area contributed by atoms with Crippen molar-refractivity contribution in [1.29, 1.82) is 0 Å². The van der Waals surface area contributed by atoms with E-state index in [1.807, 2.05) is 0 Å². The second-order valence-electron chi connectivity index (χ2n) is 4.78. The van der Waals surface area contributed by atoms with Crippen molar-refractivity contribution in [2.24, 2.45) is 5.41 Å². The topological polar surface area (TPSA) is 101 Å². The number of sulfone groups is 1. The summed E-state index contributed by atoms with van der Waals surface area (Å²) in [6.45, 7) is -0.210. The molecule has 0 aromatic rings. The molecule has 1 aliphatic carbocycles. The van der Waals surface area contributed by atoms with Gasteiger partial charge in [-0.3, -0.25) is 19.8 Å². The van der Waals surface area contributed by atoms with Gasteiger partial charge in [0.25, 0.3) is 0 Å². The molecule has 100 valence electrons. The van der Waals surface area contributed by atoms with Crippen LogP contribution >= 0.6 is 0 Å². The molecule has 0 atom stereocenters. The first kappa shape index (κ1) is 13.0. The highest BCUT2D eigenvalue weighted by Gasteiger charge is 2.57. The van der Waals surface area contributed by atoms with Crippen molar-refractivity contribution in [1.82, 2.24) is 10.2 Å². The Bertz CT molecular complexity index is 520. The molecule has 0 aromatic heterocycles. The summed E-state index contributed by atoms with van der Waals surface area (Å²) in [6.07, 6.45) is 2.62. The van der Waals surface area contributed by atoms with Gasteiger partial charge in [0.05, 0.1) is 5.75 Å². The van der Waals surface area contributed by atoms with Crippen LogP contribution in [0.25, 0.3) is 0 Å². The zero-order chi connectivity index (χ0) is 13.6. The monoisotopic (exact) mass is 274 g/mol. The lowest BCUT2D eigenvalue weighted by Gasteiger charge is -2.44. The average Bonchev–Trinajstić information content (AvgIpc) is 2.12. The number of nitrogens with zero attached hydrogens (tertiary/aromatic N) is 1. The van der Waals surface area contributed by atoms with Crippen LogP contribution in [0.15, 0.2) is 0 Å². The number of amides is 4. The first-order valence-electron chi connectivity index (χ1n) is 5.61. The summed E-state index contributed by atoms with van der Waals surface area (Å²) in [5, 5.41) is 2.12. The van der Waals surface area contributed by atoms with Gasteiger partial charge in [-0.15, -0.1) is 0 Å². The van der Waals surface area contributed by atoms with E-state index < -0.39 is 33.1 Å². The van der Waals surface area contributed by atoms with E-state index in [-0.39, 0.29) is 12.3 Å². The highest BCUT2D eigenvalue weighted by molar-refractivity contribution is 7.90. The van der Waals surface area contributed by atoms with Gasteiger partial charge < -0.3 is 0 Å². The highest BCUT2D eigenvalue weighted by atomic mass is 32.2. The van der Waals surface area contributed by atoms with Crippen LogP contribution in [-0.4, -0.2) is 49.7 Å². The molecule has 1 aliphatic heterocycles. The van der Waals surface area contributed by atoms with E-state index in [0.717, 1.165) is 17.6 Å². The number of carbonyl (C=O) groups is 3. The molecule has 0 radical (unpaired) electrons. The summed E-state index contributed by atoms with van der Waals surface area (Å²) < 4.78 is 22.1. The standard InChI is InChI=1S/C10H14N2O5S/c1-18(16,17)6-5-12-8(14)10(3-2-4-10)7(13)11-9(12)15/h2-6H2,1H3,(H,11,13,15). The zero-order valence-corrected chi connectivity index (χ0v) is 10.7. The van der Waals surface area contributed by atoms with E-state index in [0.29, 0.717) is 12.8 Å². The molecule has 0 aromatic carbocycles. The lowest BCUT2D eigenvalue weighted by molar-refractivity contribution is -0.157. The molecule has 8 heteroatoms. The fourth-order valence-electron chi connectivity index (χ4n) is 2.16. The van der Waals surface area contributed by atoms with Crippen LogP contribution < -0.4 is 5.32 Å². The first-order valence-corrected chi connectivity index (χ1v) is 7.67. The van der Waals surface area contributed by atoms with Crippen LogP contribution in [0, 0.1) is 5.41 Å². The minimum Gasteiger partial charge on any atom is -0.277 e. The molecule has 1 N–H and O–H groups in total. The number of urea groups is 1. The number of carbonyl (C=O) groups excluding carboxylic acids is 3. The fourth-order valence-corrected chi connectivity index (χ4v) is 2.68. The number of nitrogens with one attached hydrogen (secondary N) is 1. The Morgan fingerprint density at radius 2 is 1.89 bits per heavy atom. The Labute approximate surface area is 104 Å². The molecule has 18 heavy (non-hydrogen) atoms. The first-order chi connectivity index (χ1) is 8.26. The van der Waals surface area contributed by atoms with Gasteiger partial charge in [0.15, 0.2) is 0 Å². The molecule has 2 fully saturated rings. The van der Waals surface area contributed by atoms with E-state index in [9.17, 15) is 22.8 Å². The van der Waals surface area contributed by atoms with Crippen molar-refractivity contribution in [2.75, 3.05) is 18.6 Å². The van der Waals surface area contributed by atoms with Crippen molar-refractivity contribution < 1.29 is 22.8 Å². The summed E-state index contributed by atoms with van der Waals surface area (Å²) in [7, 11) is -3.27. The summed E-state index contributed by atoms with van der Waals surface area (Å²) in [6, 6.07) is -0.828. The van der Waals surface area contributed by atoms with Gasteiger partial charge in [0.1, 0.15) is 15.3 Å². The van der Waals surface area contributed by atoms with Gasteiger partial charge in [-0.25, -0.2) is 13.2 Å². The van der Waals surface area contributed by atoms with E-state index >= 15 is 0 Å². The van der Waals surface area contributed by atoms with Gasteiger partial charge in [-0.05, 0) is 12.8 Å². The molecule has 1 spiro atoms. The Kier molecular flexibility index (Phi) is 2.92. The normalized spacial score (nSPS) is 22.9. The summed E-state index contributed by atoms with van der Waals surface area (Å²) in [5.41, 5.74) is -1.13. The summed E-state index contributed by atoms with van der Waals surface area (Å²) in [4.78, 5) is 36.2. The number of barbiturate groups is 1. The number of hydrogen-bond acceptors (Lipinski definition) is 5. The second-order valence-corrected chi connectivity index (χ2v) is 7.04.